The molecular weight excluding hydrogens is 276 g/mol. The maximum atomic E-state index is 12.4. The number of carbonyl (C=O) groups is 2. The molecule has 0 saturated heterocycles. The molecule has 5 atom stereocenters. The molecule has 120 valence electrons. The molecule has 0 heterocycles. The van der Waals surface area contributed by atoms with Gasteiger partial charge in [-0.25, -0.2) is 0 Å². The van der Waals surface area contributed by atoms with Gasteiger partial charge in [0.25, 0.3) is 0 Å². The molecule has 4 aliphatic rings. The molecule has 0 unspecified atom stereocenters. The van der Waals surface area contributed by atoms with Crippen molar-refractivity contribution in [1.29, 1.82) is 0 Å². The minimum atomic E-state index is -0.816. The van der Waals surface area contributed by atoms with Crippen LogP contribution in [-0.2, 0) is 9.59 Å². The molecule has 3 heteroatoms. The van der Waals surface area contributed by atoms with Gasteiger partial charge >= 0.3 is 0 Å². The van der Waals surface area contributed by atoms with E-state index in [1.54, 1.807) is 0 Å². The van der Waals surface area contributed by atoms with Crippen molar-refractivity contribution >= 4 is 11.6 Å². The average Bonchev–Trinajstić information content (AvgIpc) is 2.72. The molecule has 0 radical (unpaired) electrons. The number of hydrogen-bond donors (Lipinski definition) is 1. The Kier molecular flexibility index (Phi) is 2.87. The number of hydrogen-bond acceptors (Lipinski definition) is 3. The fraction of sp³-hybridized carbons (Fsp3) is 0.789. The lowest BCUT2D eigenvalue weighted by atomic mass is 9.46. The van der Waals surface area contributed by atoms with Crippen molar-refractivity contribution < 1.29 is 14.7 Å². The fourth-order valence-electron chi connectivity index (χ4n) is 6.30. The molecule has 4 aliphatic carbocycles. The number of Topliss-reactive ketones (excluding diaryl/α,β-unsaturated/α-hetero) is 1. The Hall–Kier alpha value is -0.960. The van der Waals surface area contributed by atoms with E-state index in [1.807, 2.05) is 13.0 Å². The summed E-state index contributed by atoms with van der Waals surface area (Å²) < 4.78 is 0. The maximum absolute atomic E-state index is 12.4. The minimum absolute atomic E-state index is 0.0551. The Labute approximate surface area is 132 Å². The van der Waals surface area contributed by atoms with Crippen LogP contribution < -0.4 is 0 Å². The zero-order valence-corrected chi connectivity index (χ0v) is 13.7. The SMILES string of the molecule is C[C@]12CCC(=O)C=C1CC[C@H]1[C@H]2CC[C@]2(C)C(=O)CC[C@]12O. The second-order valence-electron chi connectivity index (χ2n) is 8.52. The second kappa shape index (κ2) is 4.31. The predicted octanol–water partition coefficient (Wildman–Crippen LogP) is 3.20. The Bertz CT molecular complexity index is 591. The number of carbonyl (C=O) groups excluding carboxylic acids is 2. The molecule has 0 aromatic carbocycles. The monoisotopic (exact) mass is 302 g/mol. The molecule has 3 fully saturated rings. The highest BCUT2D eigenvalue weighted by Crippen LogP contribution is 2.65. The van der Waals surface area contributed by atoms with Crippen LogP contribution in [0.3, 0.4) is 0 Å². The lowest BCUT2D eigenvalue weighted by Crippen LogP contribution is -2.60. The van der Waals surface area contributed by atoms with E-state index in [9.17, 15) is 14.7 Å². The Morgan fingerprint density at radius 2 is 1.77 bits per heavy atom. The van der Waals surface area contributed by atoms with E-state index in [2.05, 4.69) is 6.92 Å². The Balaban J connectivity index is 1.76. The normalized spacial score (nSPS) is 51.0. The van der Waals surface area contributed by atoms with E-state index in [-0.39, 0.29) is 22.9 Å². The molecule has 0 spiro atoms. The van der Waals surface area contributed by atoms with Crippen molar-refractivity contribution in [2.75, 3.05) is 0 Å². The van der Waals surface area contributed by atoms with Crippen LogP contribution in [0.1, 0.15) is 65.2 Å². The largest absolute Gasteiger partial charge is 0.389 e. The van der Waals surface area contributed by atoms with Crippen molar-refractivity contribution in [2.24, 2.45) is 22.7 Å². The summed E-state index contributed by atoms with van der Waals surface area (Å²) in [6, 6.07) is 0. The Morgan fingerprint density at radius 1 is 1.00 bits per heavy atom. The van der Waals surface area contributed by atoms with Crippen molar-refractivity contribution in [3.63, 3.8) is 0 Å². The molecule has 0 aromatic heterocycles. The van der Waals surface area contributed by atoms with Gasteiger partial charge in [0.1, 0.15) is 5.78 Å². The first kappa shape index (κ1) is 14.6. The van der Waals surface area contributed by atoms with Gasteiger partial charge in [0.2, 0.25) is 0 Å². The molecular formula is C19H26O3. The molecule has 0 aliphatic heterocycles. The third kappa shape index (κ3) is 1.56. The third-order valence-electron chi connectivity index (χ3n) is 7.86. The summed E-state index contributed by atoms with van der Waals surface area (Å²) in [5.74, 6) is 1.16. The second-order valence-corrected chi connectivity index (χ2v) is 8.52. The van der Waals surface area contributed by atoms with E-state index < -0.39 is 11.0 Å². The van der Waals surface area contributed by atoms with E-state index in [4.69, 9.17) is 0 Å². The lowest BCUT2D eigenvalue weighted by Gasteiger charge is -2.60. The van der Waals surface area contributed by atoms with E-state index in [1.165, 1.54) is 5.57 Å². The smallest absolute Gasteiger partial charge is 0.155 e. The number of fused-ring (bicyclic) bond motifs is 5. The lowest BCUT2D eigenvalue weighted by molar-refractivity contribution is -0.178. The van der Waals surface area contributed by atoms with Crippen LogP contribution in [0.25, 0.3) is 0 Å². The summed E-state index contributed by atoms with van der Waals surface area (Å²) in [7, 11) is 0. The van der Waals surface area contributed by atoms with Crippen LogP contribution in [-0.4, -0.2) is 22.3 Å². The van der Waals surface area contributed by atoms with Gasteiger partial charge in [0.05, 0.1) is 11.0 Å². The highest BCUT2D eigenvalue weighted by molar-refractivity contribution is 5.92. The van der Waals surface area contributed by atoms with Gasteiger partial charge in [-0.3, -0.25) is 9.59 Å². The predicted molar refractivity (Wildman–Crippen MR) is 83.2 cm³/mol. The van der Waals surface area contributed by atoms with E-state index in [0.29, 0.717) is 25.2 Å². The van der Waals surface area contributed by atoms with Crippen molar-refractivity contribution in [3.05, 3.63) is 11.6 Å². The van der Waals surface area contributed by atoms with E-state index in [0.717, 1.165) is 32.1 Å². The molecule has 3 saturated carbocycles. The maximum Gasteiger partial charge on any atom is 0.155 e. The van der Waals surface area contributed by atoms with Gasteiger partial charge in [-0.2, -0.15) is 0 Å². The van der Waals surface area contributed by atoms with Crippen LogP contribution in [0, 0.1) is 22.7 Å². The molecule has 1 N–H and O–H groups in total. The zero-order chi connectivity index (χ0) is 15.8. The first-order valence-corrected chi connectivity index (χ1v) is 8.81. The molecule has 0 bridgehead atoms. The van der Waals surface area contributed by atoms with Gasteiger partial charge in [-0.15, -0.1) is 0 Å². The highest BCUT2D eigenvalue weighted by atomic mass is 16.3. The minimum Gasteiger partial charge on any atom is -0.389 e. The Morgan fingerprint density at radius 3 is 2.55 bits per heavy atom. The summed E-state index contributed by atoms with van der Waals surface area (Å²) in [4.78, 5) is 24.2. The summed E-state index contributed by atoms with van der Waals surface area (Å²) in [5.41, 5.74) is 0.0141. The van der Waals surface area contributed by atoms with Gasteiger partial charge in [-0.1, -0.05) is 12.5 Å². The first-order valence-electron chi connectivity index (χ1n) is 8.81. The van der Waals surface area contributed by atoms with Crippen LogP contribution in [0.4, 0.5) is 0 Å². The summed E-state index contributed by atoms with van der Waals surface area (Å²) >= 11 is 0. The van der Waals surface area contributed by atoms with Gasteiger partial charge in [-0.05, 0) is 68.8 Å². The van der Waals surface area contributed by atoms with Crippen LogP contribution >= 0.6 is 0 Å². The third-order valence-corrected chi connectivity index (χ3v) is 7.86. The van der Waals surface area contributed by atoms with E-state index >= 15 is 0 Å². The number of ketones is 2. The van der Waals surface area contributed by atoms with Gasteiger partial charge in [0, 0.05) is 12.8 Å². The fourth-order valence-corrected chi connectivity index (χ4v) is 6.30. The van der Waals surface area contributed by atoms with Crippen LogP contribution in [0.2, 0.25) is 0 Å². The summed E-state index contributed by atoms with van der Waals surface area (Å²) in [6.07, 6.45) is 8.27. The molecule has 0 aromatic rings. The van der Waals surface area contributed by atoms with Crippen LogP contribution in [0.15, 0.2) is 11.6 Å². The molecule has 0 amide bonds. The van der Waals surface area contributed by atoms with Gasteiger partial charge < -0.3 is 5.11 Å². The molecule has 3 nitrogen and oxygen atoms in total. The van der Waals surface area contributed by atoms with Crippen molar-refractivity contribution in [2.45, 2.75) is 70.8 Å². The van der Waals surface area contributed by atoms with Crippen molar-refractivity contribution in [1.82, 2.24) is 0 Å². The van der Waals surface area contributed by atoms with Gasteiger partial charge in [0.15, 0.2) is 5.78 Å². The summed E-state index contributed by atoms with van der Waals surface area (Å²) in [5, 5.41) is 11.5. The summed E-state index contributed by atoms with van der Waals surface area (Å²) in [6.45, 7) is 4.29. The molecule has 22 heavy (non-hydrogen) atoms. The first-order chi connectivity index (χ1) is 10.3. The van der Waals surface area contributed by atoms with Crippen molar-refractivity contribution in [3.8, 4) is 0 Å². The standard InChI is InChI=1S/C19H26O3/c1-17-8-5-13(20)11-12(17)3-4-15-14(17)6-9-18(2)16(21)7-10-19(15,18)22/h11,14-15,22H,3-10H2,1-2H3/t14-,15+,17+,18-,19+/m1/s1. The van der Waals surface area contributed by atoms with Crippen LogP contribution in [0.5, 0.6) is 0 Å². The topological polar surface area (TPSA) is 54.4 Å². The zero-order valence-electron chi connectivity index (χ0n) is 13.7. The number of allylic oxidation sites excluding steroid dienone is 1. The highest BCUT2D eigenvalue weighted by Gasteiger charge is 2.66. The number of rotatable bonds is 0. The quantitative estimate of drug-likeness (QED) is 0.747. The molecule has 4 rings (SSSR count). The number of aliphatic hydroxyl groups is 1. The average molecular weight is 302 g/mol.